The molecule has 0 radical (unpaired) electrons. The monoisotopic (exact) mass is 355 g/mol. The van der Waals surface area contributed by atoms with E-state index in [-0.39, 0.29) is 5.91 Å². The zero-order chi connectivity index (χ0) is 19.1. The second kappa shape index (κ2) is 9.56. The molecule has 1 amide bonds. The van der Waals surface area contributed by atoms with Crippen LogP contribution in [-0.4, -0.2) is 32.3 Å². The molecule has 0 saturated carbocycles. The van der Waals surface area contributed by atoms with E-state index in [1.54, 1.807) is 4.90 Å². The molecule has 0 fully saturated rings. The lowest BCUT2D eigenvalue weighted by Gasteiger charge is -2.23. The summed E-state index contributed by atoms with van der Waals surface area (Å²) in [7, 11) is 1.89. The Hall–Kier alpha value is -2.10. The number of allylic oxidation sites excluding steroid dienone is 1. The summed E-state index contributed by atoms with van der Waals surface area (Å²) in [6.07, 6.45) is 7.62. The first-order chi connectivity index (χ1) is 12.5. The molecule has 1 aromatic carbocycles. The average Bonchev–Trinajstić information content (AvgIpc) is 3.02. The van der Waals surface area contributed by atoms with Gasteiger partial charge >= 0.3 is 0 Å². The number of aliphatic imine (C=N–C) groups is 1. The quantitative estimate of drug-likeness (QED) is 0.626. The molecule has 1 heterocycles. The summed E-state index contributed by atoms with van der Waals surface area (Å²) in [5.41, 5.74) is 4.63. The molecule has 0 N–H and O–H groups in total. The molecule has 4 heteroatoms. The van der Waals surface area contributed by atoms with Crippen molar-refractivity contribution in [3.63, 3.8) is 0 Å². The van der Waals surface area contributed by atoms with Gasteiger partial charge in [0.1, 0.15) is 0 Å². The smallest absolute Gasteiger partial charge is 0.226 e. The fourth-order valence-corrected chi connectivity index (χ4v) is 3.35. The molecule has 2 rings (SSSR count). The number of benzene rings is 1. The summed E-state index contributed by atoms with van der Waals surface area (Å²) < 4.78 is 0. The van der Waals surface area contributed by atoms with Crippen molar-refractivity contribution in [3.8, 4) is 0 Å². The van der Waals surface area contributed by atoms with Gasteiger partial charge in [-0.3, -0.25) is 9.79 Å². The maximum absolute atomic E-state index is 12.5. The van der Waals surface area contributed by atoms with Crippen LogP contribution in [0.3, 0.4) is 0 Å². The molecule has 0 unspecified atom stereocenters. The molecule has 0 bridgehead atoms. The molecule has 0 aliphatic carbocycles. The molecule has 0 atom stereocenters. The molecule has 0 aromatic heterocycles. The minimum absolute atomic E-state index is 0.194. The molecule has 26 heavy (non-hydrogen) atoms. The predicted octanol–water partition coefficient (Wildman–Crippen LogP) is 4.83. The van der Waals surface area contributed by atoms with Crippen LogP contribution in [0.25, 0.3) is 0 Å². The number of carbonyl (C=O) groups is 1. The fraction of sp³-hybridized carbons (Fsp3) is 0.545. The number of carbonyl (C=O) groups excluding carboxylic acids is 1. The van der Waals surface area contributed by atoms with Gasteiger partial charge in [-0.15, -0.1) is 0 Å². The summed E-state index contributed by atoms with van der Waals surface area (Å²) in [6, 6.07) is 6.40. The fourth-order valence-electron chi connectivity index (χ4n) is 3.35. The number of anilines is 2. The Balaban J connectivity index is 2.09. The second-order valence-electron chi connectivity index (χ2n) is 7.39. The molecule has 1 aliphatic heterocycles. The van der Waals surface area contributed by atoms with Crippen molar-refractivity contribution in [2.45, 2.75) is 53.4 Å². The SMILES string of the molecule is CC=N/C(=C\C)CN1CCc2ccc(N(C)C(=O)CCCC(C)C)cc21. The van der Waals surface area contributed by atoms with Gasteiger partial charge in [0, 0.05) is 37.6 Å². The van der Waals surface area contributed by atoms with Crippen LogP contribution in [-0.2, 0) is 11.2 Å². The number of fused-ring (bicyclic) bond motifs is 1. The van der Waals surface area contributed by atoms with Crippen molar-refractivity contribution < 1.29 is 4.79 Å². The third-order valence-electron chi connectivity index (χ3n) is 4.98. The number of nitrogens with zero attached hydrogens (tertiary/aromatic N) is 3. The molecule has 4 nitrogen and oxygen atoms in total. The van der Waals surface area contributed by atoms with Crippen LogP contribution in [0, 0.1) is 5.92 Å². The Labute approximate surface area is 158 Å². The highest BCUT2D eigenvalue weighted by Crippen LogP contribution is 2.32. The Morgan fingerprint density at radius 2 is 2.12 bits per heavy atom. The minimum Gasteiger partial charge on any atom is -0.365 e. The molecular formula is C22H33N3O. The maximum Gasteiger partial charge on any atom is 0.226 e. The van der Waals surface area contributed by atoms with Crippen LogP contribution < -0.4 is 9.80 Å². The van der Waals surface area contributed by atoms with Crippen molar-refractivity contribution in [1.82, 2.24) is 0 Å². The highest BCUT2D eigenvalue weighted by Gasteiger charge is 2.21. The maximum atomic E-state index is 12.5. The topological polar surface area (TPSA) is 35.9 Å². The third-order valence-corrected chi connectivity index (χ3v) is 4.98. The van der Waals surface area contributed by atoms with Gasteiger partial charge in [-0.1, -0.05) is 32.4 Å². The Morgan fingerprint density at radius 1 is 1.35 bits per heavy atom. The van der Waals surface area contributed by atoms with Gasteiger partial charge in [0.2, 0.25) is 5.91 Å². The lowest BCUT2D eigenvalue weighted by atomic mass is 10.1. The van der Waals surface area contributed by atoms with E-state index in [0.717, 1.165) is 43.7 Å². The van der Waals surface area contributed by atoms with Crippen LogP contribution >= 0.6 is 0 Å². The van der Waals surface area contributed by atoms with Crippen LogP contribution in [0.1, 0.15) is 52.5 Å². The van der Waals surface area contributed by atoms with Gasteiger partial charge in [0.15, 0.2) is 0 Å². The van der Waals surface area contributed by atoms with Crippen molar-refractivity contribution in [1.29, 1.82) is 0 Å². The van der Waals surface area contributed by atoms with Gasteiger partial charge in [-0.2, -0.15) is 0 Å². The van der Waals surface area contributed by atoms with E-state index < -0.39 is 0 Å². The number of amides is 1. The Morgan fingerprint density at radius 3 is 2.77 bits per heavy atom. The van der Waals surface area contributed by atoms with Crippen molar-refractivity contribution >= 4 is 23.5 Å². The van der Waals surface area contributed by atoms with Crippen LogP contribution in [0.4, 0.5) is 11.4 Å². The molecule has 1 aromatic rings. The third kappa shape index (κ3) is 5.20. The minimum atomic E-state index is 0.194. The van der Waals surface area contributed by atoms with Crippen molar-refractivity contribution in [2.24, 2.45) is 10.9 Å². The summed E-state index contributed by atoms with van der Waals surface area (Å²) in [6.45, 7) is 10.2. The predicted molar refractivity (Wildman–Crippen MR) is 112 cm³/mol. The van der Waals surface area contributed by atoms with E-state index in [4.69, 9.17) is 0 Å². The molecular weight excluding hydrogens is 322 g/mol. The molecule has 1 aliphatic rings. The van der Waals surface area contributed by atoms with E-state index in [0.29, 0.717) is 12.3 Å². The van der Waals surface area contributed by atoms with Gasteiger partial charge in [-0.05, 0) is 50.3 Å². The second-order valence-corrected chi connectivity index (χ2v) is 7.39. The van der Waals surface area contributed by atoms with Crippen LogP contribution in [0.15, 0.2) is 35.0 Å². The Bertz CT molecular complexity index is 676. The van der Waals surface area contributed by atoms with Gasteiger partial charge in [-0.25, -0.2) is 0 Å². The van der Waals surface area contributed by atoms with Crippen molar-refractivity contribution in [2.75, 3.05) is 29.9 Å². The van der Waals surface area contributed by atoms with Gasteiger partial charge < -0.3 is 9.80 Å². The number of hydrogen-bond acceptors (Lipinski definition) is 3. The van der Waals surface area contributed by atoms with E-state index in [2.05, 4.69) is 48.0 Å². The first-order valence-electron chi connectivity index (χ1n) is 9.74. The first-order valence-corrected chi connectivity index (χ1v) is 9.74. The normalized spacial score (nSPS) is 14.4. The van der Waals surface area contributed by atoms with E-state index in [9.17, 15) is 4.79 Å². The summed E-state index contributed by atoms with van der Waals surface area (Å²) >= 11 is 0. The molecule has 0 spiro atoms. The number of hydrogen-bond donors (Lipinski definition) is 0. The number of rotatable bonds is 8. The van der Waals surface area contributed by atoms with Crippen LogP contribution in [0.5, 0.6) is 0 Å². The summed E-state index contributed by atoms with van der Waals surface area (Å²) in [4.78, 5) is 21.1. The molecule has 142 valence electrons. The first kappa shape index (κ1) is 20.2. The standard InChI is InChI=1S/C22H33N3O/c1-6-19(23-7-2)16-25-14-13-18-11-12-20(15-21(18)25)24(5)22(26)10-8-9-17(3)4/h6-7,11-12,15,17H,8-10,13-14,16H2,1-5H3/b19-6-,23-7?. The Kier molecular flexibility index (Phi) is 7.43. The summed E-state index contributed by atoms with van der Waals surface area (Å²) in [5, 5.41) is 0. The van der Waals surface area contributed by atoms with Crippen LogP contribution in [0.2, 0.25) is 0 Å². The largest absolute Gasteiger partial charge is 0.365 e. The summed E-state index contributed by atoms with van der Waals surface area (Å²) in [5.74, 6) is 0.841. The zero-order valence-corrected chi connectivity index (χ0v) is 17.0. The van der Waals surface area contributed by atoms with Gasteiger partial charge in [0.25, 0.3) is 0 Å². The lowest BCUT2D eigenvalue weighted by Crippen LogP contribution is -2.27. The van der Waals surface area contributed by atoms with E-state index >= 15 is 0 Å². The van der Waals surface area contributed by atoms with E-state index in [1.165, 1.54) is 11.3 Å². The molecule has 0 saturated heterocycles. The average molecular weight is 356 g/mol. The lowest BCUT2D eigenvalue weighted by molar-refractivity contribution is -0.118. The van der Waals surface area contributed by atoms with Gasteiger partial charge in [0.05, 0.1) is 12.2 Å². The highest BCUT2D eigenvalue weighted by atomic mass is 16.2. The van der Waals surface area contributed by atoms with E-state index in [1.807, 2.05) is 27.1 Å². The highest BCUT2D eigenvalue weighted by molar-refractivity contribution is 5.93. The zero-order valence-electron chi connectivity index (χ0n) is 17.0. The van der Waals surface area contributed by atoms with Crippen molar-refractivity contribution in [3.05, 3.63) is 35.5 Å².